The standard InChI is InChI=1S/C20H18N2O2/c21-20(24)18-7-3-4-15(11-18)13-22-19(23)12-14-8-9-16-5-1-2-6-17(16)10-14/h1-11H,12-13H2,(H2,21,24)(H,22,23). The summed E-state index contributed by atoms with van der Waals surface area (Å²) in [5.41, 5.74) is 7.52. The van der Waals surface area contributed by atoms with Crippen molar-refractivity contribution in [1.82, 2.24) is 5.32 Å². The summed E-state index contributed by atoms with van der Waals surface area (Å²) < 4.78 is 0. The highest BCUT2D eigenvalue weighted by atomic mass is 16.1. The molecule has 0 saturated heterocycles. The first-order valence-corrected chi connectivity index (χ1v) is 7.75. The zero-order chi connectivity index (χ0) is 16.9. The normalized spacial score (nSPS) is 10.5. The predicted molar refractivity (Wildman–Crippen MR) is 94.5 cm³/mol. The molecular weight excluding hydrogens is 300 g/mol. The molecule has 0 bridgehead atoms. The first kappa shape index (κ1) is 15.7. The Labute approximate surface area is 140 Å². The van der Waals surface area contributed by atoms with Gasteiger partial charge < -0.3 is 11.1 Å². The van der Waals surface area contributed by atoms with E-state index in [1.165, 1.54) is 0 Å². The molecule has 0 spiro atoms. The zero-order valence-corrected chi connectivity index (χ0v) is 13.2. The fraction of sp³-hybridized carbons (Fsp3) is 0.100. The van der Waals surface area contributed by atoms with Crippen LogP contribution in [0.4, 0.5) is 0 Å². The Balaban J connectivity index is 1.62. The van der Waals surface area contributed by atoms with Crippen LogP contribution in [0.3, 0.4) is 0 Å². The third-order valence-electron chi connectivity index (χ3n) is 3.88. The Morgan fingerprint density at radius 1 is 0.833 bits per heavy atom. The van der Waals surface area contributed by atoms with Crippen molar-refractivity contribution in [2.75, 3.05) is 0 Å². The maximum atomic E-state index is 12.1. The number of hydrogen-bond acceptors (Lipinski definition) is 2. The summed E-state index contributed by atoms with van der Waals surface area (Å²) in [5.74, 6) is -0.533. The van der Waals surface area contributed by atoms with E-state index in [4.69, 9.17) is 5.73 Å². The molecule has 0 aliphatic rings. The Kier molecular flexibility index (Phi) is 4.57. The van der Waals surface area contributed by atoms with E-state index in [-0.39, 0.29) is 5.91 Å². The lowest BCUT2D eigenvalue weighted by Crippen LogP contribution is -2.24. The number of nitrogens with two attached hydrogens (primary N) is 1. The molecule has 0 aliphatic carbocycles. The molecule has 0 heterocycles. The molecule has 0 aliphatic heterocycles. The van der Waals surface area contributed by atoms with Crippen LogP contribution in [-0.2, 0) is 17.8 Å². The first-order valence-electron chi connectivity index (χ1n) is 7.75. The second-order valence-electron chi connectivity index (χ2n) is 5.70. The number of benzene rings is 3. The maximum Gasteiger partial charge on any atom is 0.248 e. The number of rotatable bonds is 5. The van der Waals surface area contributed by atoms with Gasteiger partial charge in [-0.15, -0.1) is 0 Å². The Morgan fingerprint density at radius 2 is 1.62 bits per heavy atom. The highest BCUT2D eigenvalue weighted by Crippen LogP contribution is 2.16. The molecule has 24 heavy (non-hydrogen) atoms. The van der Waals surface area contributed by atoms with Gasteiger partial charge >= 0.3 is 0 Å². The quantitative estimate of drug-likeness (QED) is 0.759. The monoisotopic (exact) mass is 318 g/mol. The fourth-order valence-electron chi connectivity index (χ4n) is 2.63. The van der Waals surface area contributed by atoms with Crippen LogP contribution in [0, 0.1) is 0 Å². The topological polar surface area (TPSA) is 72.2 Å². The Morgan fingerprint density at radius 3 is 2.42 bits per heavy atom. The molecule has 2 amide bonds. The molecule has 0 saturated carbocycles. The van der Waals surface area contributed by atoms with Crippen LogP contribution < -0.4 is 11.1 Å². The summed E-state index contributed by atoms with van der Waals surface area (Å²) in [7, 11) is 0. The number of nitrogens with one attached hydrogen (secondary N) is 1. The average molecular weight is 318 g/mol. The van der Waals surface area contributed by atoms with E-state index < -0.39 is 5.91 Å². The molecule has 4 nitrogen and oxygen atoms in total. The zero-order valence-electron chi connectivity index (χ0n) is 13.2. The molecule has 3 N–H and O–H groups in total. The Bertz CT molecular complexity index is 903. The van der Waals surface area contributed by atoms with E-state index >= 15 is 0 Å². The van der Waals surface area contributed by atoms with Crippen LogP contribution in [0.15, 0.2) is 66.7 Å². The van der Waals surface area contributed by atoms with Crippen LogP contribution in [0.25, 0.3) is 10.8 Å². The summed E-state index contributed by atoms with van der Waals surface area (Å²) >= 11 is 0. The van der Waals surface area contributed by atoms with Crippen molar-refractivity contribution >= 4 is 22.6 Å². The molecule has 0 radical (unpaired) electrons. The summed E-state index contributed by atoms with van der Waals surface area (Å²) in [6.07, 6.45) is 0.320. The van der Waals surface area contributed by atoms with E-state index in [0.717, 1.165) is 21.9 Å². The van der Waals surface area contributed by atoms with Gasteiger partial charge in [0.25, 0.3) is 0 Å². The molecule has 0 fully saturated rings. The van der Waals surface area contributed by atoms with E-state index in [2.05, 4.69) is 5.32 Å². The minimum absolute atomic E-state index is 0.0604. The van der Waals surface area contributed by atoms with Gasteiger partial charge in [-0.05, 0) is 34.0 Å². The van der Waals surface area contributed by atoms with E-state index in [1.807, 2.05) is 48.5 Å². The summed E-state index contributed by atoms with van der Waals surface area (Å²) in [5, 5.41) is 5.15. The third-order valence-corrected chi connectivity index (χ3v) is 3.88. The SMILES string of the molecule is NC(=O)c1cccc(CNC(=O)Cc2ccc3ccccc3c2)c1. The number of carbonyl (C=O) groups excluding carboxylic acids is 2. The van der Waals surface area contributed by atoms with Gasteiger partial charge in [0, 0.05) is 12.1 Å². The molecular formula is C20H18N2O2. The highest BCUT2D eigenvalue weighted by molar-refractivity contribution is 5.93. The predicted octanol–water partition coefficient (Wildman–Crippen LogP) is 2.80. The lowest BCUT2D eigenvalue weighted by atomic mass is 10.0. The summed E-state index contributed by atoms with van der Waals surface area (Å²) in [6, 6.07) is 21.0. The van der Waals surface area contributed by atoms with Gasteiger partial charge in [-0.3, -0.25) is 9.59 Å². The minimum atomic E-state index is -0.473. The molecule has 3 aromatic rings. The lowest BCUT2D eigenvalue weighted by Gasteiger charge is -2.07. The Hall–Kier alpha value is -3.14. The van der Waals surface area contributed by atoms with Crippen molar-refractivity contribution in [2.24, 2.45) is 5.73 Å². The van der Waals surface area contributed by atoms with E-state index in [9.17, 15) is 9.59 Å². The van der Waals surface area contributed by atoms with Crippen LogP contribution in [0.2, 0.25) is 0 Å². The molecule has 3 rings (SSSR count). The number of primary amides is 1. The largest absolute Gasteiger partial charge is 0.366 e. The molecule has 0 unspecified atom stereocenters. The van der Waals surface area contributed by atoms with Gasteiger partial charge in [0.1, 0.15) is 0 Å². The van der Waals surface area contributed by atoms with Gasteiger partial charge in [0.05, 0.1) is 6.42 Å². The molecule has 120 valence electrons. The van der Waals surface area contributed by atoms with Crippen molar-refractivity contribution in [2.45, 2.75) is 13.0 Å². The molecule has 0 aromatic heterocycles. The van der Waals surface area contributed by atoms with Crippen molar-refractivity contribution in [3.05, 3.63) is 83.4 Å². The summed E-state index contributed by atoms with van der Waals surface area (Å²) in [6.45, 7) is 0.369. The minimum Gasteiger partial charge on any atom is -0.366 e. The van der Waals surface area contributed by atoms with Crippen molar-refractivity contribution < 1.29 is 9.59 Å². The molecule has 0 atom stereocenters. The maximum absolute atomic E-state index is 12.1. The fourth-order valence-corrected chi connectivity index (χ4v) is 2.63. The van der Waals surface area contributed by atoms with E-state index in [0.29, 0.717) is 18.5 Å². The lowest BCUT2D eigenvalue weighted by molar-refractivity contribution is -0.120. The van der Waals surface area contributed by atoms with Gasteiger partial charge in [-0.2, -0.15) is 0 Å². The number of fused-ring (bicyclic) bond motifs is 1. The van der Waals surface area contributed by atoms with Gasteiger partial charge in [-0.1, -0.05) is 54.6 Å². The smallest absolute Gasteiger partial charge is 0.248 e. The van der Waals surface area contributed by atoms with Crippen LogP contribution >= 0.6 is 0 Å². The van der Waals surface area contributed by atoms with Crippen LogP contribution in [0.1, 0.15) is 21.5 Å². The van der Waals surface area contributed by atoms with Gasteiger partial charge in [-0.25, -0.2) is 0 Å². The van der Waals surface area contributed by atoms with Crippen molar-refractivity contribution in [3.63, 3.8) is 0 Å². The average Bonchev–Trinajstić information content (AvgIpc) is 2.60. The van der Waals surface area contributed by atoms with Crippen molar-refractivity contribution in [3.8, 4) is 0 Å². The van der Waals surface area contributed by atoms with Gasteiger partial charge in [0.15, 0.2) is 0 Å². The third kappa shape index (κ3) is 3.79. The molecule has 4 heteroatoms. The second-order valence-corrected chi connectivity index (χ2v) is 5.70. The van der Waals surface area contributed by atoms with Crippen molar-refractivity contribution in [1.29, 1.82) is 0 Å². The first-order chi connectivity index (χ1) is 11.6. The van der Waals surface area contributed by atoms with Crippen LogP contribution in [-0.4, -0.2) is 11.8 Å². The molecule has 3 aromatic carbocycles. The highest BCUT2D eigenvalue weighted by Gasteiger charge is 2.06. The number of hydrogen-bond donors (Lipinski definition) is 2. The number of amides is 2. The van der Waals surface area contributed by atoms with Gasteiger partial charge in [0.2, 0.25) is 11.8 Å². The van der Waals surface area contributed by atoms with E-state index in [1.54, 1.807) is 18.2 Å². The number of carbonyl (C=O) groups is 2. The second kappa shape index (κ2) is 6.96. The summed E-state index contributed by atoms with van der Waals surface area (Å²) in [4.78, 5) is 23.3. The van der Waals surface area contributed by atoms with Crippen LogP contribution in [0.5, 0.6) is 0 Å².